The maximum atomic E-state index is 12.0. The Morgan fingerprint density at radius 1 is 1.50 bits per heavy atom. The summed E-state index contributed by atoms with van der Waals surface area (Å²) >= 11 is 1.42. The van der Waals surface area contributed by atoms with Crippen LogP contribution in [0.5, 0.6) is 0 Å². The van der Waals surface area contributed by atoms with Crippen molar-refractivity contribution in [2.75, 3.05) is 12.4 Å². The Balaban J connectivity index is 2.19. The van der Waals surface area contributed by atoms with Gasteiger partial charge in [0, 0.05) is 10.6 Å². The molecule has 1 aliphatic carbocycles. The molecule has 0 aliphatic heterocycles. The number of hydrogen-bond donors (Lipinski definition) is 1. The molecular weight excluding hydrogens is 227 g/mol. The van der Waals surface area contributed by atoms with Crippen LogP contribution in [0.1, 0.15) is 18.4 Å². The van der Waals surface area contributed by atoms with Crippen molar-refractivity contribution in [3.8, 4) is 0 Å². The van der Waals surface area contributed by atoms with E-state index in [-0.39, 0.29) is 6.67 Å². The van der Waals surface area contributed by atoms with Gasteiger partial charge in [0.05, 0.1) is 12.1 Å². The predicted molar refractivity (Wildman–Crippen MR) is 61.7 cm³/mol. The molecule has 1 N–H and O–H groups in total. The van der Waals surface area contributed by atoms with Gasteiger partial charge in [0.15, 0.2) is 0 Å². The molecule has 2 rings (SSSR count). The molecule has 0 atom stereocenters. The van der Waals surface area contributed by atoms with Crippen LogP contribution < -0.4 is 0 Å². The molecule has 86 valence electrons. The van der Waals surface area contributed by atoms with Crippen molar-refractivity contribution in [2.24, 2.45) is 0 Å². The SMILES string of the molecule is O=C(O)C1(c2cccc(SCCF)c2)CC1. The summed E-state index contributed by atoms with van der Waals surface area (Å²) in [6.45, 7) is -0.362. The van der Waals surface area contributed by atoms with Crippen LogP contribution in [0, 0.1) is 0 Å². The van der Waals surface area contributed by atoms with Gasteiger partial charge in [-0.1, -0.05) is 12.1 Å². The number of carboxylic acid groups (broad SMARTS) is 1. The molecule has 16 heavy (non-hydrogen) atoms. The van der Waals surface area contributed by atoms with E-state index in [1.165, 1.54) is 11.8 Å². The van der Waals surface area contributed by atoms with E-state index in [0.29, 0.717) is 18.6 Å². The smallest absolute Gasteiger partial charge is 0.314 e. The Hall–Kier alpha value is -1.03. The molecule has 1 aliphatic rings. The number of thioether (sulfide) groups is 1. The average Bonchev–Trinajstić information content (AvgIpc) is 3.08. The minimum atomic E-state index is -0.750. The summed E-state index contributed by atoms with van der Waals surface area (Å²) < 4.78 is 12.0. The van der Waals surface area contributed by atoms with Crippen molar-refractivity contribution in [3.05, 3.63) is 29.8 Å². The average molecular weight is 240 g/mol. The van der Waals surface area contributed by atoms with Crippen molar-refractivity contribution in [1.82, 2.24) is 0 Å². The summed E-state index contributed by atoms with van der Waals surface area (Å²) in [5.74, 6) is -0.330. The van der Waals surface area contributed by atoms with E-state index >= 15 is 0 Å². The van der Waals surface area contributed by atoms with Gasteiger partial charge in [0.2, 0.25) is 0 Å². The number of carboxylic acids is 1. The van der Waals surface area contributed by atoms with Crippen LogP contribution in [0.2, 0.25) is 0 Å². The molecule has 1 saturated carbocycles. The number of rotatable bonds is 5. The van der Waals surface area contributed by atoms with E-state index in [2.05, 4.69) is 0 Å². The molecule has 1 aromatic carbocycles. The molecule has 0 heterocycles. The highest BCUT2D eigenvalue weighted by Gasteiger charge is 2.51. The summed E-state index contributed by atoms with van der Waals surface area (Å²) in [5, 5.41) is 9.16. The van der Waals surface area contributed by atoms with E-state index in [1.807, 2.05) is 24.3 Å². The molecule has 1 aromatic rings. The third kappa shape index (κ3) is 2.07. The minimum Gasteiger partial charge on any atom is -0.481 e. The van der Waals surface area contributed by atoms with Gasteiger partial charge in [-0.05, 0) is 30.5 Å². The van der Waals surface area contributed by atoms with Gasteiger partial charge in [0.1, 0.15) is 0 Å². The van der Waals surface area contributed by atoms with Crippen molar-refractivity contribution in [1.29, 1.82) is 0 Å². The van der Waals surface area contributed by atoms with Crippen molar-refractivity contribution in [3.63, 3.8) is 0 Å². The molecule has 0 spiro atoms. The van der Waals surface area contributed by atoms with Crippen LogP contribution in [0.4, 0.5) is 4.39 Å². The summed E-state index contributed by atoms with van der Waals surface area (Å²) in [6.07, 6.45) is 1.42. The van der Waals surface area contributed by atoms with Crippen LogP contribution >= 0.6 is 11.8 Å². The first-order valence-corrected chi connectivity index (χ1v) is 6.20. The van der Waals surface area contributed by atoms with E-state index in [1.54, 1.807) is 0 Å². The third-order valence-corrected chi connectivity index (χ3v) is 3.84. The standard InChI is InChI=1S/C12H13FO2S/c13-6-7-16-10-3-1-2-9(8-10)12(4-5-12)11(14)15/h1-3,8H,4-7H2,(H,14,15). The third-order valence-electron chi connectivity index (χ3n) is 2.89. The van der Waals surface area contributed by atoms with Crippen LogP contribution in [0.3, 0.4) is 0 Å². The van der Waals surface area contributed by atoms with Gasteiger partial charge in [-0.15, -0.1) is 11.8 Å². The number of carbonyl (C=O) groups is 1. The zero-order valence-corrected chi connectivity index (χ0v) is 9.60. The molecule has 0 bridgehead atoms. The summed E-state index contributed by atoms with van der Waals surface area (Å²) in [5.41, 5.74) is 0.190. The first kappa shape index (κ1) is 11.5. The maximum absolute atomic E-state index is 12.0. The van der Waals surface area contributed by atoms with Gasteiger partial charge in [-0.25, -0.2) is 0 Å². The van der Waals surface area contributed by atoms with E-state index in [4.69, 9.17) is 5.11 Å². The zero-order chi connectivity index (χ0) is 11.6. The fourth-order valence-corrected chi connectivity index (χ4v) is 2.49. The van der Waals surface area contributed by atoms with Crippen LogP contribution in [0.25, 0.3) is 0 Å². The lowest BCUT2D eigenvalue weighted by Crippen LogP contribution is -2.19. The largest absolute Gasteiger partial charge is 0.481 e. The number of alkyl halides is 1. The molecule has 0 aromatic heterocycles. The molecule has 0 saturated heterocycles. The molecule has 0 amide bonds. The molecule has 4 heteroatoms. The molecule has 0 radical (unpaired) electrons. The van der Waals surface area contributed by atoms with Gasteiger partial charge < -0.3 is 5.11 Å². The van der Waals surface area contributed by atoms with Gasteiger partial charge >= 0.3 is 5.97 Å². The van der Waals surface area contributed by atoms with Gasteiger partial charge in [0.25, 0.3) is 0 Å². The first-order chi connectivity index (χ1) is 7.69. The fraction of sp³-hybridized carbons (Fsp3) is 0.417. The number of halogens is 1. The summed E-state index contributed by atoms with van der Waals surface area (Å²) in [7, 11) is 0. The first-order valence-electron chi connectivity index (χ1n) is 5.22. The van der Waals surface area contributed by atoms with Crippen LogP contribution in [-0.4, -0.2) is 23.5 Å². The van der Waals surface area contributed by atoms with Crippen LogP contribution in [-0.2, 0) is 10.2 Å². The topological polar surface area (TPSA) is 37.3 Å². The second-order valence-corrected chi connectivity index (χ2v) is 5.12. The Bertz CT molecular complexity index is 402. The van der Waals surface area contributed by atoms with Crippen molar-refractivity contribution in [2.45, 2.75) is 23.2 Å². The lowest BCUT2D eigenvalue weighted by atomic mass is 9.96. The lowest BCUT2D eigenvalue weighted by Gasteiger charge is -2.11. The minimum absolute atomic E-state index is 0.362. The lowest BCUT2D eigenvalue weighted by molar-refractivity contribution is -0.140. The highest BCUT2D eigenvalue weighted by molar-refractivity contribution is 7.99. The Kier molecular flexibility index (Phi) is 3.19. The second-order valence-electron chi connectivity index (χ2n) is 3.95. The highest BCUT2D eigenvalue weighted by atomic mass is 32.2. The Morgan fingerprint density at radius 3 is 2.81 bits per heavy atom. The summed E-state index contributed by atoms with van der Waals surface area (Å²) in [4.78, 5) is 12.1. The van der Waals surface area contributed by atoms with E-state index < -0.39 is 11.4 Å². The molecule has 0 unspecified atom stereocenters. The normalized spacial score (nSPS) is 17.1. The maximum Gasteiger partial charge on any atom is 0.314 e. The predicted octanol–water partition coefficient (Wildman–Crippen LogP) is 2.86. The van der Waals surface area contributed by atoms with Crippen molar-refractivity contribution < 1.29 is 14.3 Å². The highest BCUT2D eigenvalue weighted by Crippen LogP contribution is 2.48. The number of hydrogen-bond acceptors (Lipinski definition) is 2. The van der Waals surface area contributed by atoms with Crippen LogP contribution in [0.15, 0.2) is 29.2 Å². The van der Waals surface area contributed by atoms with Crippen molar-refractivity contribution >= 4 is 17.7 Å². The van der Waals surface area contributed by atoms with E-state index in [0.717, 1.165) is 10.5 Å². The molecule has 2 nitrogen and oxygen atoms in total. The fourth-order valence-electron chi connectivity index (χ4n) is 1.79. The monoisotopic (exact) mass is 240 g/mol. The number of aliphatic carboxylic acids is 1. The Labute approximate surface area is 97.9 Å². The zero-order valence-electron chi connectivity index (χ0n) is 8.78. The van der Waals surface area contributed by atoms with Gasteiger partial charge in [-0.3, -0.25) is 9.18 Å². The Morgan fingerprint density at radius 2 is 2.25 bits per heavy atom. The molecule has 1 fully saturated rings. The number of benzene rings is 1. The quantitative estimate of drug-likeness (QED) is 0.804. The molecular formula is C12H13FO2S. The summed E-state index contributed by atoms with van der Waals surface area (Å²) in [6, 6.07) is 7.46. The van der Waals surface area contributed by atoms with E-state index in [9.17, 15) is 9.18 Å². The second kappa shape index (κ2) is 4.45. The van der Waals surface area contributed by atoms with Gasteiger partial charge in [-0.2, -0.15) is 0 Å².